The van der Waals surface area contributed by atoms with E-state index in [1.807, 2.05) is 11.8 Å². The van der Waals surface area contributed by atoms with Crippen molar-refractivity contribution >= 4 is 22.9 Å². The van der Waals surface area contributed by atoms with Gasteiger partial charge in [0.15, 0.2) is 0 Å². The maximum absolute atomic E-state index is 12.1. The summed E-state index contributed by atoms with van der Waals surface area (Å²) >= 11 is 1.70. The quantitative estimate of drug-likeness (QED) is 0.853. The van der Waals surface area contributed by atoms with Gasteiger partial charge in [0.2, 0.25) is 0 Å². The van der Waals surface area contributed by atoms with Crippen LogP contribution in [0.3, 0.4) is 0 Å². The molecule has 0 atom stereocenters. The topological polar surface area (TPSA) is 32.3 Å². The molecule has 0 spiro atoms. The molecule has 2 heterocycles. The van der Waals surface area contributed by atoms with Crippen LogP contribution < -0.4 is 5.32 Å². The van der Waals surface area contributed by atoms with Crippen LogP contribution >= 0.6 is 11.3 Å². The van der Waals surface area contributed by atoms with Gasteiger partial charge < -0.3 is 10.2 Å². The van der Waals surface area contributed by atoms with Crippen LogP contribution in [0, 0.1) is 0 Å². The van der Waals surface area contributed by atoms with Crippen molar-refractivity contribution in [1.29, 1.82) is 0 Å². The normalized spacial score (nSPS) is 15.3. The third-order valence-electron chi connectivity index (χ3n) is 2.73. The standard InChI is InChI=1S/C11H16N2OS/c1-3-12-8-7-15-9-5-6-13(4-2)11(14)10(8)9/h7,12H,3-6H2,1-2H3. The van der Waals surface area contributed by atoms with E-state index in [4.69, 9.17) is 0 Å². The Balaban J connectivity index is 2.34. The van der Waals surface area contributed by atoms with Crippen LogP contribution in [0.25, 0.3) is 0 Å². The monoisotopic (exact) mass is 224 g/mol. The molecule has 0 aromatic carbocycles. The molecule has 0 saturated heterocycles. The zero-order valence-electron chi connectivity index (χ0n) is 9.17. The Morgan fingerprint density at radius 1 is 1.53 bits per heavy atom. The fraction of sp³-hybridized carbons (Fsp3) is 0.545. The van der Waals surface area contributed by atoms with Crippen molar-refractivity contribution in [3.8, 4) is 0 Å². The molecule has 1 aromatic heterocycles. The number of likely N-dealkylation sites (N-methyl/N-ethyl adjacent to an activating group) is 1. The summed E-state index contributed by atoms with van der Waals surface area (Å²) < 4.78 is 0. The summed E-state index contributed by atoms with van der Waals surface area (Å²) in [6.07, 6.45) is 1.00. The number of fused-ring (bicyclic) bond motifs is 1. The van der Waals surface area contributed by atoms with Crippen LogP contribution in [0.1, 0.15) is 29.1 Å². The van der Waals surface area contributed by atoms with Gasteiger partial charge >= 0.3 is 0 Å². The lowest BCUT2D eigenvalue weighted by Crippen LogP contribution is -2.36. The Labute approximate surface area is 94.1 Å². The summed E-state index contributed by atoms with van der Waals surface area (Å²) in [5.74, 6) is 0.191. The van der Waals surface area contributed by atoms with Crippen molar-refractivity contribution in [2.45, 2.75) is 20.3 Å². The van der Waals surface area contributed by atoms with Gasteiger partial charge in [0, 0.05) is 36.3 Å². The van der Waals surface area contributed by atoms with Gasteiger partial charge in [-0.15, -0.1) is 11.3 Å². The Hall–Kier alpha value is -1.03. The number of rotatable bonds is 3. The molecule has 0 aliphatic carbocycles. The number of carbonyl (C=O) groups is 1. The number of hydrogen-bond donors (Lipinski definition) is 1. The first-order chi connectivity index (χ1) is 7.27. The smallest absolute Gasteiger partial charge is 0.257 e. The summed E-state index contributed by atoms with van der Waals surface area (Å²) in [5, 5.41) is 5.31. The summed E-state index contributed by atoms with van der Waals surface area (Å²) in [4.78, 5) is 15.2. The molecule has 0 unspecified atom stereocenters. The van der Waals surface area contributed by atoms with Crippen LogP contribution in [0.5, 0.6) is 0 Å². The molecule has 1 amide bonds. The van der Waals surface area contributed by atoms with Gasteiger partial charge in [-0.3, -0.25) is 4.79 Å². The maximum atomic E-state index is 12.1. The Kier molecular flexibility index (Phi) is 2.95. The first-order valence-electron chi connectivity index (χ1n) is 5.41. The summed E-state index contributed by atoms with van der Waals surface area (Å²) in [6, 6.07) is 0. The van der Waals surface area contributed by atoms with E-state index in [1.165, 1.54) is 4.88 Å². The number of thiophene rings is 1. The number of hydrogen-bond acceptors (Lipinski definition) is 3. The molecule has 1 aromatic rings. The second kappa shape index (κ2) is 4.23. The number of nitrogens with zero attached hydrogens (tertiary/aromatic N) is 1. The average Bonchev–Trinajstić information content (AvgIpc) is 2.64. The highest BCUT2D eigenvalue weighted by Gasteiger charge is 2.27. The fourth-order valence-corrected chi connectivity index (χ4v) is 2.92. The SMILES string of the molecule is CCNc1csc2c1C(=O)N(CC)CC2. The zero-order chi connectivity index (χ0) is 10.8. The van der Waals surface area contributed by atoms with Crippen molar-refractivity contribution in [3.63, 3.8) is 0 Å². The molecule has 82 valence electrons. The van der Waals surface area contributed by atoms with E-state index in [9.17, 15) is 4.79 Å². The number of amides is 1. The summed E-state index contributed by atoms with van der Waals surface area (Å²) in [7, 11) is 0. The van der Waals surface area contributed by atoms with Crippen LogP contribution in [0.15, 0.2) is 5.38 Å². The van der Waals surface area contributed by atoms with E-state index in [0.717, 1.165) is 37.3 Å². The summed E-state index contributed by atoms with van der Waals surface area (Å²) in [5.41, 5.74) is 1.93. The minimum atomic E-state index is 0.191. The Morgan fingerprint density at radius 3 is 3.00 bits per heavy atom. The van der Waals surface area contributed by atoms with E-state index in [2.05, 4.69) is 17.6 Å². The highest BCUT2D eigenvalue weighted by molar-refractivity contribution is 7.11. The fourth-order valence-electron chi connectivity index (χ4n) is 1.93. The molecule has 3 nitrogen and oxygen atoms in total. The van der Waals surface area contributed by atoms with Gasteiger partial charge in [-0.2, -0.15) is 0 Å². The predicted molar refractivity (Wildman–Crippen MR) is 63.8 cm³/mol. The van der Waals surface area contributed by atoms with Crippen molar-refractivity contribution in [3.05, 3.63) is 15.8 Å². The predicted octanol–water partition coefficient (Wildman–Crippen LogP) is 2.20. The summed E-state index contributed by atoms with van der Waals surface area (Å²) in [6.45, 7) is 6.62. The maximum Gasteiger partial charge on any atom is 0.257 e. The highest BCUT2D eigenvalue weighted by atomic mass is 32.1. The van der Waals surface area contributed by atoms with Gasteiger partial charge in [-0.1, -0.05) is 0 Å². The second-order valence-electron chi connectivity index (χ2n) is 3.61. The first-order valence-corrected chi connectivity index (χ1v) is 6.29. The van der Waals surface area contributed by atoms with Crippen LogP contribution in [0.2, 0.25) is 0 Å². The Morgan fingerprint density at radius 2 is 2.33 bits per heavy atom. The van der Waals surface area contributed by atoms with Crippen molar-refractivity contribution in [2.75, 3.05) is 25.0 Å². The average molecular weight is 224 g/mol. The van der Waals surface area contributed by atoms with Crippen LogP contribution in [0.4, 0.5) is 5.69 Å². The molecule has 0 radical (unpaired) electrons. The molecule has 1 N–H and O–H groups in total. The van der Waals surface area contributed by atoms with Gasteiger partial charge in [0.25, 0.3) is 5.91 Å². The zero-order valence-corrected chi connectivity index (χ0v) is 9.99. The van der Waals surface area contributed by atoms with Gasteiger partial charge in [0.1, 0.15) is 0 Å². The van der Waals surface area contributed by atoms with E-state index in [1.54, 1.807) is 11.3 Å². The van der Waals surface area contributed by atoms with Crippen molar-refractivity contribution < 1.29 is 4.79 Å². The molecule has 1 aliphatic heterocycles. The van der Waals surface area contributed by atoms with Crippen LogP contribution in [-0.4, -0.2) is 30.4 Å². The molecule has 2 rings (SSSR count). The molecule has 0 saturated carbocycles. The van der Waals surface area contributed by atoms with E-state index >= 15 is 0 Å². The van der Waals surface area contributed by atoms with Crippen molar-refractivity contribution in [2.24, 2.45) is 0 Å². The highest BCUT2D eigenvalue weighted by Crippen LogP contribution is 2.32. The van der Waals surface area contributed by atoms with Gasteiger partial charge in [-0.25, -0.2) is 0 Å². The molecule has 1 aliphatic rings. The third kappa shape index (κ3) is 1.74. The number of carbonyl (C=O) groups excluding carboxylic acids is 1. The molecular weight excluding hydrogens is 208 g/mol. The van der Waals surface area contributed by atoms with Crippen molar-refractivity contribution in [1.82, 2.24) is 4.90 Å². The molecule has 0 fully saturated rings. The first kappa shape index (κ1) is 10.5. The van der Waals surface area contributed by atoms with E-state index < -0.39 is 0 Å². The van der Waals surface area contributed by atoms with Crippen LogP contribution in [-0.2, 0) is 6.42 Å². The second-order valence-corrected chi connectivity index (χ2v) is 4.58. The lowest BCUT2D eigenvalue weighted by molar-refractivity contribution is 0.0752. The number of anilines is 1. The van der Waals surface area contributed by atoms with Gasteiger partial charge in [-0.05, 0) is 13.8 Å². The lowest BCUT2D eigenvalue weighted by Gasteiger charge is -2.26. The molecule has 15 heavy (non-hydrogen) atoms. The third-order valence-corrected chi connectivity index (χ3v) is 3.77. The number of nitrogens with one attached hydrogen (secondary N) is 1. The molecule has 0 bridgehead atoms. The van der Waals surface area contributed by atoms with Gasteiger partial charge in [0.05, 0.1) is 11.3 Å². The lowest BCUT2D eigenvalue weighted by atomic mass is 10.1. The molecular formula is C11H16N2OS. The Bertz CT molecular complexity index is 373. The van der Waals surface area contributed by atoms with E-state index in [0.29, 0.717) is 0 Å². The minimum absolute atomic E-state index is 0.191. The largest absolute Gasteiger partial charge is 0.384 e. The molecule has 4 heteroatoms. The van der Waals surface area contributed by atoms with E-state index in [-0.39, 0.29) is 5.91 Å². The minimum Gasteiger partial charge on any atom is -0.384 e.